The Morgan fingerprint density at radius 2 is 2.11 bits per heavy atom. The van der Waals surface area contributed by atoms with Crippen molar-refractivity contribution in [3.63, 3.8) is 0 Å². The molecule has 0 aliphatic rings. The summed E-state index contributed by atoms with van der Waals surface area (Å²) in [5.41, 5.74) is 1.81. The van der Waals surface area contributed by atoms with E-state index in [9.17, 15) is 13.9 Å². The van der Waals surface area contributed by atoms with Crippen LogP contribution in [0.5, 0.6) is 0 Å². The number of benzene rings is 1. The van der Waals surface area contributed by atoms with Crippen molar-refractivity contribution in [1.29, 1.82) is 0 Å². The van der Waals surface area contributed by atoms with Gasteiger partial charge in [0.1, 0.15) is 24.1 Å². The smallest absolute Gasteiger partial charge is 0.261 e. The Morgan fingerprint density at radius 1 is 1.32 bits per heavy atom. The van der Waals surface area contributed by atoms with E-state index in [1.807, 2.05) is 25.1 Å². The van der Waals surface area contributed by atoms with Crippen LogP contribution in [-0.4, -0.2) is 24.7 Å². The fraction of sp³-hybridized carbons (Fsp3) is 0.429. The summed E-state index contributed by atoms with van der Waals surface area (Å²) in [5.74, 6) is 0.432. The van der Waals surface area contributed by atoms with Crippen molar-refractivity contribution in [3.8, 4) is 0 Å². The van der Waals surface area contributed by atoms with Gasteiger partial charge in [0.05, 0.1) is 0 Å². The summed E-state index contributed by atoms with van der Waals surface area (Å²) in [6.07, 6.45) is -3.09. The number of hydrogen-bond acceptors (Lipinski definition) is 3. The molecule has 1 aromatic carbocycles. The zero-order valence-corrected chi connectivity index (χ0v) is 10.6. The molecule has 2 aromatic rings. The molecular formula is C14H16F2O3. The fourth-order valence-electron chi connectivity index (χ4n) is 1.86. The number of hydrogen-bond donors (Lipinski definition) is 1. The lowest BCUT2D eigenvalue weighted by Crippen LogP contribution is -2.08. The average Bonchev–Trinajstić information content (AvgIpc) is 2.77. The van der Waals surface area contributed by atoms with Gasteiger partial charge in [-0.1, -0.05) is 11.6 Å². The molecule has 2 rings (SSSR count). The lowest BCUT2D eigenvalue weighted by molar-refractivity contribution is 0.00276. The van der Waals surface area contributed by atoms with Crippen LogP contribution in [0.25, 0.3) is 11.0 Å². The summed E-state index contributed by atoms with van der Waals surface area (Å²) in [7, 11) is 0. The third-order valence-electron chi connectivity index (χ3n) is 2.80. The molecular weight excluding hydrogens is 254 g/mol. The second kappa shape index (κ2) is 6.12. The molecule has 1 N–H and O–H groups in total. The second-order valence-corrected chi connectivity index (χ2v) is 4.46. The van der Waals surface area contributed by atoms with Gasteiger partial charge in [-0.2, -0.15) is 0 Å². The van der Waals surface area contributed by atoms with Crippen molar-refractivity contribution in [3.05, 3.63) is 35.6 Å². The minimum atomic E-state index is -2.48. The van der Waals surface area contributed by atoms with E-state index in [4.69, 9.17) is 9.15 Å². The summed E-state index contributed by atoms with van der Waals surface area (Å²) < 4.78 is 33.9. The van der Waals surface area contributed by atoms with E-state index in [0.717, 1.165) is 10.9 Å². The molecule has 3 nitrogen and oxygen atoms in total. The zero-order valence-electron chi connectivity index (χ0n) is 10.6. The van der Waals surface area contributed by atoms with Crippen molar-refractivity contribution < 1.29 is 23.0 Å². The number of fused-ring (bicyclic) bond motifs is 1. The molecule has 0 spiro atoms. The summed E-state index contributed by atoms with van der Waals surface area (Å²) in [4.78, 5) is 0. The van der Waals surface area contributed by atoms with Crippen LogP contribution in [0, 0.1) is 6.92 Å². The molecule has 0 bridgehead atoms. The Kier molecular flexibility index (Phi) is 4.50. The number of aliphatic hydroxyl groups is 1. The van der Waals surface area contributed by atoms with Crippen molar-refractivity contribution in [2.24, 2.45) is 0 Å². The van der Waals surface area contributed by atoms with Gasteiger partial charge in [0.2, 0.25) is 0 Å². The average molecular weight is 270 g/mol. The van der Waals surface area contributed by atoms with E-state index in [1.165, 1.54) is 0 Å². The number of ether oxygens (including phenoxy) is 1. The zero-order chi connectivity index (χ0) is 13.8. The third kappa shape index (κ3) is 3.75. The van der Waals surface area contributed by atoms with E-state index in [0.29, 0.717) is 11.3 Å². The minimum absolute atomic E-state index is 0.0710. The number of rotatable bonds is 6. The standard InChI is InChI=1S/C14H16F2O3/c1-9-2-3-12-10(6-9)7-13(19-12)11(17)4-5-18-8-14(15)16/h2-3,6-7,11,14,17H,4-5,8H2,1H3. The predicted octanol–water partition coefficient (Wildman–Crippen LogP) is 3.45. The molecule has 1 aromatic heterocycles. The molecule has 0 amide bonds. The van der Waals surface area contributed by atoms with E-state index < -0.39 is 19.1 Å². The fourth-order valence-corrected chi connectivity index (χ4v) is 1.86. The number of aliphatic hydroxyl groups excluding tert-OH is 1. The quantitative estimate of drug-likeness (QED) is 0.817. The molecule has 1 atom stereocenters. The largest absolute Gasteiger partial charge is 0.458 e. The van der Waals surface area contributed by atoms with Gasteiger partial charge in [-0.05, 0) is 25.1 Å². The van der Waals surface area contributed by atoms with Gasteiger partial charge < -0.3 is 14.3 Å². The van der Waals surface area contributed by atoms with Crippen LogP contribution in [0.2, 0.25) is 0 Å². The van der Waals surface area contributed by atoms with Crippen molar-refractivity contribution in [2.75, 3.05) is 13.2 Å². The maximum atomic E-state index is 11.9. The number of furan rings is 1. The van der Waals surface area contributed by atoms with Crippen LogP contribution >= 0.6 is 0 Å². The molecule has 0 saturated heterocycles. The first kappa shape index (κ1) is 14.0. The SMILES string of the molecule is Cc1ccc2oc(C(O)CCOCC(F)F)cc2c1. The molecule has 0 radical (unpaired) electrons. The minimum Gasteiger partial charge on any atom is -0.458 e. The van der Waals surface area contributed by atoms with Crippen molar-refractivity contribution >= 4 is 11.0 Å². The van der Waals surface area contributed by atoms with Crippen LogP contribution in [0.3, 0.4) is 0 Å². The van der Waals surface area contributed by atoms with Gasteiger partial charge in [-0.25, -0.2) is 8.78 Å². The van der Waals surface area contributed by atoms with Crippen molar-refractivity contribution in [2.45, 2.75) is 25.9 Å². The molecule has 0 aliphatic carbocycles. The first-order valence-electron chi connectivity index (χ1n) is 6.10. The van der Waals surface area contributed by atoms with Gasteiger partial charge in [0.15, 0.2) is 0 Å². The molecule has 5 heteroatoms. The maximum Gasteiger partial charge on any atom is 0.261 e. The topological polar surface area (TPSA) is 42.6 Å². The first-order chi connectivity index (χ1) is 9.06. The lowest BCUT2D eigenvalue weighted by atomic mass is 10.1. The van der Waals surface area contributed by atoms with E-state index >= 15 is 0 Å². The van der Waals surface area contributed by atoms with Gasteiger partial charge in [-0.15, -0.1) is 0 Å². The highest BCUT2D eigenvalue weighted by atomic mass is 19.3. The normalized spacial score (nSPS) is 13.3. The van der Waals surface area contributed by atoms with Gasteiger partial charge in [0, 0.05) is 18.4 Å². The van der Waals surface area contributed by atoms with E-state index in [1.54, 1.807) is 6.07 Å². The monoisotopic (exact) mass is 270 g/mol. The van der Waals surface area contributed by atoms with Crippen molar-refractivity contribution in [1.82, 2.24) is 0 Å². The number of aryl methyl sites for hydroxylation is 1. The lowest BCUT2D eigenvalue weighted by Gasteiger charge is -2.07. The van der Waals surface area contributed by atoms with E-state index in [-0.39, 0.29) is 13.0 Å². The van der Waals surface area contributed by atoms with Crippen LogP contribution in [0.4, 0.5) is 8.78 Å². The molecule has 104 valence electrons. The van der Waals surface area contributed by atoms with Gasteiger partial charge in [0.25, 0.3) is 6.43 Å². The Bertz CT molecular complexity index is 536. The highest BCUT2D eigenvalue weighted by molar-refractivity contribution is 5.78. The Hall–Kier alpha value is -1.46. The summed E-state index contributed by atoms with van der Waals surface area (Å²) in [5, 5.41) is 10.8. The molecule has 0 fully saturated rings. The highest BCUT2D eigenvalue weighted by Gasteiger charge is 2.14. The van der Waals surface area contributed by atoms with E-state index in [2.05, 4.69) is 0 Å². The molecule has 1 heterocycles. The predicted molar refractivity (Wildman–Crippen MR) is 67.4 cm³/mol. The first-order valence-corrected chi connectivity index (χ1v) is 6.10. The molecule has 0 aliphatic heterocycles. The summed E-state index contributed by atoms with van der Waals surface area (Å²) in [6, 6.07) is 7.49. The number of alkyl halides is 2. The van der Waals surface area contributed by atoms with Gasteiger partial charge >= 0.3 is 0 Å². The number of halogens is 2. The van der Waals surface area contributed by atoms with Crippen LogP contribution < -0.4 is 0 Å². The summed E-state index contributed by atoms with van der Waals surface area (Å²) >= 11 is 0. The van der Waals surface area contributed by atoms with Gasteiger partial charge in [-0.3, -0.25) is 0 Å². The third-order valence-corrected chi connectivity index (χ3v) is 2.80. The van der Waals surface area contributed by atoms with Crippen LogP contribution in [0.1, 0.15) is 23.8 Å². The molecule has 1 unspecified atom stereocenters. The molecule has 19 heavy (non-hydrogen) atoms. The van der Waals surface area contributed by atoms with Crippen LogP contribution in [0.15, 0.2) is 28.7 Å². The van der Waals surface area contributed by atoms with Crippen LogP contribution in [-0.2, 0) is 4.74 Å². The summed E-state index contributed by atoms with van der Waals surface area (Å²) in [6.45, 7) is 1.44. The second-order valence-electron chi connectivity index (χ2n) is 4.46. The Balaban J connectivity index is 1.95. The molecule has 0 saturated carbocycles. The maximum absolute atomic E-state index is 11.9. The Labute approximate surface area is 109 Å². The highest BCUT2D eigenvalue weighted by Crippen LogP contribution is 2.26. The Morgan fingerprint density at radius 3 is 2.84 bits per heavy atom.